The Morgan fingerprint density at radius 3 is 3.08 bits per heavy atom. The summed E-state index contributed by atoms with van der Waals surface area (Å²) in [5.74, 6) is 0.230. The maximum atomic E-state index is 11.4. The molecule has 0 spiro atoms. The van der Waals surface area contributed by atoms with E-state index < -0.39 is 0 Å². The zero-order chi connectivity index (χ0) is 8.77. The minimum atomic E-state index is -0.283. The number of amides is 1. The van der Waals surface area contributed by atoms with Crippen LogP contribution in [0.2, 0.25) is 0 Å². The minimum absolute atomic E-state index is 0.0243. The molecule has 0 saturated carbocycles. The average molecular weight is 169 g/mol. The molecular weight excluding hydrogens is 154 g/mol. The molecule has 0 unspecified atom stereocenters. The van der Waals surface area contributed by atoms with Gasteiger partial charge in [-0.1, -0.05) is 6.92 Å². The summed E-state index contributed by atoms with van der Waals surface area (Å²) >= 11 is 0. The first-order chi connectivity index (χ1) is 5.68. The molecule has 1 N–H and O–H groups in total. The summed E-state index contributed by atoms with van der Waals surface area (Å²) in [5.41, 5.74) is 0.0243. The third-order valence-electron chi connectivity index (χ3n) is 3.34. The number of aliphatic hydroxyl groups is 1. The monoisotopic (exact) mass is 169 g/mol. The number of rotatable bonds is 1. The summed E-state index contributed by atoms with van der Waals surface area (Å²) in [4.78, 5) is 13.3. The molecule has 2 aliphatic rings. The van der Waals surface area contributed by atoms with Crippen LogP contribution in [0.25, 0.3) is 0 Å². The molecule has 0 aliphatic carbocycles. The summed E-state index contributed by atoms with van der Waals surface area (Å²) < 4.78 is 0. The summed E-state index contributed by atoms with van der Waals surface area (Å²) in [7, 11) is 0. The molecule has 0 aromatic carbocycles. The second kappa shape index (κ2) is 2.46. The lowest BCUT2D eigenvalue weighted by Gasteiger charge is -2.30. The van der Waals surface area contributed by atoms with Gasteiger partial charge in [0.05, 0.1) is 6.10 Å². The highest BCUT2D eigenvalue weighted by Gasteiger charge is 2.50. The Hall–Kier alpha value is -0.570. The molecule has 0 aromatic rings. The molecule has 2 fully saturated rings. The number of carbonyl (C=O) groups is 1. The number of hydrogen-bond acceptors (Lipinski definition) is 2. The molecule has 2 rings (SSSR count). The normalized spacial score (nSPS) is 40.7. The third-order valence-corrected chi connectivity index (χ3v) is 3.34. The van der Waals surface area contributed by atoms with E-state index in [1.807, 2.05) is 4.90 Å². The number of carbonyl (C=O) groups excluding carboxylic acids is 1. The highest BCUT2D eigenvalue weighted by atomic mass is 16.3. The molecule has 1 amide bonds. The zero-order valence-corrected chi connectivity index (χ0v) is 7.42. The molecular formula is C9H15NO2. The lowest BCUT2D eigenvalue weighted by molar-refractivity contribution is -0.130. The Morgan fingerprint density at radius 1 is 1.75 bits per heavy atom. The maximum Gasteiger partial charge on any atom is 0.223 e. The van der Waals surface area contributed by atoms with E-state index in [4.69, 9.17) is 0 Å². The van der Waals surface area contributed by atoms with Crippen LogP contribution < -0.4 is 0 Å². The Labute approximate surface area is 72.4 Å². The predicted octanol–water partition coefficient (Wildman–Crippen LogP) is 0.522. The van der Waals surface area contributed by atoms with Crippen LogP contribution in [0.4, 0.5) is 0 Å². The van der Waals surface area contributed by atoms with Gasteiger partial charge in [-0.3, -0.25) is 4.79 Å². The molecule has 12 heavy (non-hydrogen) atoms. The molecule has 2 atom stereocenters. The summed E-state index contributed by atoms with van der Waals surface area (Å²) in [5, 5.41) is 9.46. The third kappa shape index (κ3) is 0.891. The van der Waals surface area contributed by atoms with Gasteiger partial charge in [0.1, 0.15) is 0 Å². The van der Waals surface area contributed by atoms with E-state index in [1.54, 1.807) is 0 Å². The number of fused-ring (bicyclic) bond motifs is 1. The van der Waals surface area contributed by atoms with Gasteiger partial charge in [0.2, 0.25) is 5.91 Å². The number of aliphatic hydroxyl groups excluding tert-OH is 1. The largest absolute Gasteiger partial charge is 0.391 e. The smallest absolute Gasteiger partial charge is 0.223 e. The van der Waals surface area contributed by atoms with E-state index in [2.05, 4.69) is 6.92 Å². The van der Waals surface area contributed by atoms with Crippen LogP contribution in [0, 0.1) is 0 Å². The van der Waals surface area contributed by atoms with Gasteiger partial charge in [0.15, 0.2) is 0 Å². The van der Waals surface area contributed by atoms with Crippen LogP contribution in [0.5, 0.6) is 0 Å². The van der Waals surface area contributed by atoms with E-state index in [1.165, 1.54) is 0 Å². The van der Waals surface area contributed by atoms with Crippen LogP contribution in [0.1, 0.15) is 32.6 Å². The number of β-amino-alcohol motifs (C(OH)–C–C–N with tert-alkyl or cyclic N) is 1. The van der Waals surface area contributed by atoms with E-state index in [-0.39, 0.29) is 17.6 Å². The lowest BCUT2D eigenvalue weighted by Crippen LogP contribution is -2.39. The fourth-order valence-electron chi connectivity index (χ4n) is 2.61. The van der Waals surface area contributed by atoms with Crippen molar-refractivity contribution in [2.24, 2.45) is 0 Å². The summed E-state index contributed by atoms with van der Waals surface area (Å²) in [6, 6.07) is 0. The molecule has 3 heteroatoms. The van der Waals surface area contributed by atoms with Crippen molar-refractivity contribution in [1.82, 2.24) is 4.90 Å². The van der Waals surface area contributed by atoms with Crippen LogP contribution in [-0.2, 0) is 4.79 Å². The van der Waals surface area contributed by atoms with E-state index in [0.717, 1.165) is 19.3 Å². The Bertz CT molecular complexity index is 217. The van der Waals surface area contributed by atoms with Gasteiger partial charge >= 0.3 is 0 Å². The molecule has 2 saturated heterocycles. The van der Waals surface area contributed by atoms with Crippen molar-refractivity contribution in [3.8, 4) is 0 Å². The quantitative estimate of drug-likeness (QED) is 0.621. The fraction of sp³-hybridized carbons (Fsp3) is 0.889. The standard InChI is InChI=1S/C9H15NO2/c1-2-9-4-3-8(12)10(9)6-7(11)5-9/h7,11H,2-6H2,1H3/t7-,9+/m0/s1. The van der Waals surface area contributed by atoms with Gasteiger partial charge in [0, 0.05) is 18.5 Å². The van der Waals surface area contributed by atoms with E-state index in [9.17, 15) is 9.90 Å². The van der Waals surface area contributed by atoms with Gasteiger partial charge in [-0.25, -0.2) is 0 Å². The predicted molar refractivity (Wildman–Crippen MR) is 44.6 cm³/mol. The van der Waals surface area contributed by atoms with Crippen molar-refractivity contribution in [3.63, 3.8) is 0 Å². The van der Waals surface area contributed by atoms with Crippen molar-refractivity contribution in [2.45, 2.75) is 44.2 Å². The van der Waals surface area contributed by atoms with Gasteiger partial charge in [-0.2, -0.15) is 0 Å². The molecule has 68 valence electrons. The molecule has 0 bridgehead atoms. The van der Waals surface area contributed by atoms with Crippen molar-refractivity contribution >= 4 is 5.91 Å². The Morgan fingerprint density at radius 2 is 2.50 bits per heavy atom. The van der Waals surface area contributed by atoms with Crippen LogP contribution >= 0.6 is 0 Å². The van der Waals surface area contributed by atoms with Gasteiger partial charge < -0.3 is 10.0 Å². The molecule has 2 heterocycles. The molecule has 0 radical (unpaired) electrons. The Balaban J connectivity index is 2.25. The summed E-state index contributed by atoms with van der Waals surface area (Å²) in [6.07, 6.45) is 3.11. The van der Waals surface area contributed by atoms with Crippen molar-refractivity contribution in [2.75, 3.05) is 6.54 Å². The minimum Gasteiger partial charge on any atom is -0.391 e. The fourth-order valence-corrected chi connectivity index (χ4v) is 2.61. The first kappa shape index (κ1) is 8.05. The van der Waals surface area contributed by atoms with E-state index >= 15 is 0 Å². The van der Waals surface area contributed by atoms with Crippen molar-refractivity contribution in [1.29, 1.82) is 0 Å². The van der Waals surface area contributed by atoms with Crippen molar-refractivity contribution in [3.05, 3.63) is 0 Å². The van der Waals surface area contributed by atoms with Crippen LogP contribution in [-0.4, -0.2) is 34.1 Å². The second-order valence-electron chi connectivity index (χ2n) is 3.94. The van der Waals surface area contributed by atoms with E-state index in [0.29, 0.717) is 13.0 Å². The topological polar surface area (TPSA) is 40.5 Å². The highest BCUT2D eigenvalue weighted by molar-refractivity contribution is 5.80. The second-order valence-corrected chi connectivity index (χ2v) is 3.94. The van der Waals surface area contributed by atoms with Crippen LogP contribution in [0.3, 0.4) is 0 Å². The first-order valence-electron chi connectivity index (χ1n) is 4.66. The number of hydrogen-bond donors (Lipinski definition) is 1. The summed E-state index contributed by atoms with van der Waals surface area (Å²) in [6.45, 7) is 2.66. The van der Waals surface area contributed by atoms with Gasteiger partial charge in [0.25, 0.3) is 0 Å². The average Bonchev–Trinajstić information content (AvgIpc) is 2.51. The van der Waals surface area contributed by atoms with Crippen LogP contribution in [0.15, 0.2) is 0 Å². The first-order valence-corrected chi connectivity index (χ1v) is 4.66. The highest BCUT2D eigenvalue weighted by Crippen LogP contribution is 2.41. The molecule has 2 aliphatic heterocycles. The van der Waals surface area contributed by atoms with Gasteiger partial charge in [-0.05, 0) is 19.3 Å². The number of nitrogens with zero attached hydrogens (tertiary/aromatic N) is 1. The molecule has 3 nitrogen and oxygen atoms in total. The SMILES string of the molecule is CC[C@]12CCC(=O)N1C[C@@H](O)C2. The van der Waals surface area contributed by atoms with Gasteiger partial charge in [-0.15, -0.1) is 0 Å². The van der Waals surface area contributed by atoms with Crippen molar-refractivity contribution < 1.29 is 9.90 Å². The lowest BCUT2D eigenvalue weighted by atomic mass is 9.91. The zero-order valence-electron chi connectivity index (χ0n) is 7.42. The Kier molecular flexibility index (Phi) is 1.65. The molecule has 0 aromatic heterocycles. The maximum absolute atomic E-state index is 11.4.